The molecule has 2 fully saturated rings. The van der Waals surface area contributed by atoms with Crippen LogP contribution in [0.5, 0.6) is 5.75 Å². The second-order valence-corrected chi connectivity index (χ2v) is 11.4. The molecule has 2 atom stereocenters. The Morgan fingerprint density at radius 1 is 1.12 bits per heavy atom. The number of benzene rings is 2. The van der Waals surface area contributed by atoms with Crippen molar-refractivity contribution in [2.45, 2.75) is 31.5 Å². The van der Waals surface area contributed by atoms with Crippen molar-refractivity contribution >= 4 is 35.2 Å². The van der Waals surface area contributed by atoms with Gasteiger partial charge in [-0.25, -0.2) is 9.37 Å². The number of halogens is 2. The fourth-order valence-electron chi connectivity index (χ4n) is 6.19. The summed E-state index contributed by atoms with van der Waals surface area (Å²) in [5.74, 6) is 0.234. The van der Waals surface area contributed by atoms with E-state index < -0.39 is 5.82 Å². The molecule has 8 nitrogen and oxygen atoms in total. The number of aromatic hydroxyl groups is 1. The van der Waals surface area contributed by atoms with E-state index in [-0.39, 0.29) is 22.5 Å². The third kappa shape index (κ3) is 4.43. The maximum absolute atomic E-state index is 15.0. The van der Waals surface area contributed by atoms with Crippen LogP contribution < -0.4 is 15.1 Å². The number of hydrogen-bond acceptors (Lipinski definition) is 7. The van der Waals surface area contributed by atoms with E-state index in [0.29, 0.717) is 34.4 Å². The van der Waals surface area contributed by atoms with Gasteiger partial charge in [0.05, 0.1) is 22.6 Å². The van der Waals surface area contributed by atoms with E-state index in [1.54, 1.807) is 41.7 Å². The number of phenolic OH excluding ortho intramolecular Hbond substituents is 1. The van der Waals surface area contributed by atoms with Gasteiger partial charge in [0.1, 0.15) is 11.6 Å². The molecular weight excluding hydrogens is 531 g/mol. The topological polar surface area (TPSA) is 75.2 Å². The van der Waals surface area contributed by atoms with Gasteiger partial charge in [0, 0.05) is 74.6 Å². The molecule has 3 aromatic rings. The standard InChI is InChI=1S/C30H32ClFN6O2/c1-19-34-29-27(36-8-6-30(17-36)7-9-38(19)30)13-21(16-33-29)24-15-22(32)14-23(28(24)40)20-4-5-26(25(31)12-20)37(18-39)11-10-35(2)3/h4-5,10-16,18-19,40H,6-9,17H2,1-3H3,(H,33,34)/b11-10-. The van der Waals surface area contributed by atoms with Gasteiger partial charge in [-0.1, -0.05) is 17.7 Å². The van der Waals surface area contributed by atoms with Gasteiger partial charge in [0.2, 0.25) is 6.41 Å². The number of pyridine rings is 1. The van der Waals surface area contributed by atoms with Crippen LogP contribution in [0.3, 0.4) is 0 Å². The predicted octanol–water partition coefficient (Wildman–Crippen LogP) is 5.34. The first-order valence-electron chi connectivity index (χ1n) is 13.4. The highest BCUT2D eigenvalue weighted by Gasteiger charge is 2.52. The molecule has 2 bridgehead atoms. The number of nitrogens with zero attached hydrogens (tertiary/aromatic N) is 5. The molecule has 0 radical (unpaired) electrons. The van der Waals surface area contributed by atoms with E-state index >= 15 is 4.39 Å². The Morgan fingerprint density at radius 2 is 1.88 bits per heavy atom. The van der Waals surface area contributed by atoms with Crippen molar-refractivity contribution in [2.24, 2.45) is 0 Å². The summed E-state index contributed by atoms with van der Waals surface area (Å²) in [5, 5.41) is 15.2. The average Bonchev–Trinajstić information content (AvgIpc) is 3.38. The van der Waals surface area contributed by atoms with Crippen LogP contribution in [0.4, 0.5) is 21.6 Å². The largest absolute Gasteiger partial charge is 0.507 e. The molecule has 3 aliphatic heterocycles. The van der Waals surface area contributed by atoms with Crippen molar-refractivity contribution < 1.29 is 14.3 Å². The fourth-order valence-corrected chi connectivity index (χ4v) is 6.47. The van der Waals surface area contributed by atoms with E-state index in [4.69, 9.17) is 16.6 Å². The van der Waals surface area contributed by atoms with Crippen LogP contribution in [-0.2, 0) is 4.79 Å². The smallest absolute Gasteiger partial charge is 0.218 e. The van der Waals surface area contributed by atoms with Gasteiger partial charge in [0.15, 0.2) is 5.82 Å². The SMILES string of the molecule is CC1Nc2ncc(-c3cc(F)cc(-c4ccc(N(C=O)/C=C\N(C)C)c(Cl)c4)c3O)cc2N2CCC3(CCN13)C2. The normalized spacial score (nSPS) is 21.6. The van der Waals surface area contributed by atoms with Gasteiger partial charge in [0.25, 0.3) is 0 Å². The molecule has 0 saturated carbocycles. The zero-order valence-corrected chi connectivity index (χ0v) is 23.5. The number of fused-ring (bicyclic) bond motifs is 3. The first kappa shape index (κ1) is 26.4. The summed E-state index contributed by atoms with van der Waals surface area (Å²) in [6.07, 6.45) is 8.10. The summed E-state index contributed by atoms with van der Waals surface area (Å²) >= 11 is 6.55. The highest BCUT2D eigenvalue weighted by molar-refractivity contribution is 6.34. The number of carbonyl (C=O) groups is 1. The lowest BCUT2D eigenvalue weighted by Crippen LogP contribution is -2.66. The number of aromatic nitrogens is 1. The molecule has 2 unspecified atom stereocenters. The second kappa shape index (κ2) is 9.98. The summed E-state index contributed by atoms with van der Waals surface area (Å²) in [6, 6.07) is 9.60. The van der Waals surface area contributed by atoms with Crippen molar-refractivity contribution in [1.82, 2.24) is 14.8 Å². The van der Waals surface area contributed by atoms with Crippen LogP contribution in [0.25, 0.3) is 22.3 Å². The van der Waals surface area contributed by atoms with E-state index in [9.17, 15) is 9.90 Å². The second-order valence-electron chi connectivity index (χ2n) is 11.0. The minimum atomic E-state index is -0.491. The third-order valence-corrected chi connectivity index (χ3v) is 8.65. The third-order valence-electron chi connectivity index (χ3n) is 8.34. The number of amides is 1. The molecule has 6 rings (SSSR count). The maximum atomic E-state index is 15.0. The number of rotatable bonds is 6. The number of hydrogen-bond donors (Lipinski definition) is 2. The molecule has 40 heavy (non-hydrogen) atoms. The van der Waals surface area contributed by atoms with Crippen LogP contribution in [0, 0.1) is 5.82 Å². The van der Waals surface area contributed by atoms with Gasteiger partial charge >= 0.3 is 0 Å². The van der Waals surface area contributed by atoms with Gasteiger partial charge in [-0.05, 0) is 55.7 Å². The zero-order chi connectivity index (χ0) is 28.2. The minimum Gasteiger partial charge on any atom is -0.507 e. The highest BCUT2D eigenvalue weighted by atomic mass is 35.5. The number of phenols is 1. The Hall–Kier alpha value is -3.82. The molecule has 4 heterocycles. The van der Waals surface area contributed by atoms with Gasteiger partial charge in [-0.3, -0.25) is 14.6 Å². The molecular formula is C30H32ClFN6O2. The minimum absolute atomic E-state index is 0.0676. The Morgan fingerprint density at radius 3 is 2.55 bits per heavy atom. The molecule has 2 aromatic carbocycles. The average molecular weight is 563 g/mol. The van der Waals surface area contributed by atoms with Crippen LogP contribution in [0.2, 0.25) is 5.02 Å². The summed E-state index contributed by atoms with van der Waals surface area (Å²) < 4.78 is 15.0. The van der Waals surface area contributed by atoms with Crippen molar-refractivity contribution in [2.75, 3.05) is 48.8 Å². The highest BCUT2D eigenvalue weighted by Crippen LogP contribution is 2.47. The Bertz CT molecular complexity index is 1510. The molecule has 2 saturated heterocycles. The van der Waals surface area contributed by atoms with Crippen molar-refractivity contribution in [1.29, 1.82) is 0 Å². The molecule has 1 aromatic heterocycles. The summed E-state index contributed by atoms with van der Waals surface area (Å²) in [6.45, 7) is 5.11. The molecule has 1 spiro atoms. The van der Waals surface area contributed by atoms with Crippen LogP contribution >= 0.6 is 11.6 Å². The molecule has 0 aliphatic carbocycles. The van der Waals surface area contributed by atoms with E-state index in [2.05, 4.69) is 22.0 Å². The first-order chi connectivity index (χ1) is 19.2. The fraction of sp³-hybridized carbons (Fsp3) is 0.333. The van der Waals surface area contributed by atoms with Gasteiger partial charge in [-0.2, -0.15) is 0 Å². The Balaban J connectivity index is 1.37. The zero-order valence-electron chi connectivity index (χ0n) is 22.7. The van der Waals surface area contributed by atoms with E-state index in [1.807, 2.05) is 20.2 Å². The number of anilines is 3. The summed E-state index contributed by atoms with van der Waals surface area (Å²) in [4.78, 5) is 24.4. The molecule has 208 valence electrons. The van der Waals surface area contributed by atoms with Crippen molar-refractivity contribution in [3.63, 3.8) is 0 Å². The maximum Gasteiger partial charge on any atom is 0.218 e. The van der Waals surface area contributed by atoms with Crippen LogP contribution in [0.1, 0.15) is 19.8 Å². The van der Waals surface area contributed by atoms with E-state index in [1.165, 1.54) is 23.5 Å². The predicted molar refractivity (Wildman–Crippen MR) is 157 cm³/mol. The summed E-state index contributed by atoms with van der Waals surface area (Å²) in [5.41, 5.74) is 3.43. The van der Waals surface area contributed by atoms with Crippen molar-refractivity contribution in [3.05, 3.63) is 65.8 Å². The molecule has 1 amide bonds. The van der Waals surface area contributed by atoms with Gasteiger partial charge in [-0.15, -0.1) is 0 Å². The van der Waals surface area contributed by atoms with Crippen LogP contribution in [0.15, 0.2) is 55.0 Å². The number of nitrogens with one attached hydrogen (secondary N) is 1. The van der Waals surface area contributed by atoms with Crippen molar-refractivity contribution in [3.8, 4) is 28.0 Å². The molecule has 10 heteroatoms. The quantitative estimate of drug-likeness (QED) is 0.393. The molecule has 3 aliphatic rings. The lowest BCUT2D eigenvalue weighted by atomic mass is 9.83. The lowest BCUT2D eigenvalue weighted by molar-refractivity contribution is -0.106. The lowest BCUT2D eigenvalue weighted by Gasteiger charge is -2.54. The number of carbonyl (C=O) groups excluding carboxylic acids is 1. The summed E-state index contributed by atoms with van der Waals surface area (Å²) in [7, 11) is 3.69. The van der Waals surface area contributed by atoms with E-state index in [0.717, 1.165) is 37.6 Å². The van der Waals surface area contributed by atoms with Crippen LogP contribution in [-0.4, -0.2) is 71.7 Å². The monoisotopic (exact) mass is 562 g/mol. The first-order valence-corrected chi connectivity index (χ1v) is 13.8. The Labute approximate surface area is 238 Å². The Kier molecular flexibility index (Phi) is 6.59. The van der Waals surface area contributed by atoms with Gasteiger partial charge < -0.3 is 20.2 Å². The molecule has 2 N–H and O–H groups in total.